The molecule has 0 heterocycles. The highest BCUT2D eigenvalue weighted by Crippen LogP contribution is 2.24. The van der Waals surface area contributed by atoms with Gasteiger partial charge in [0.05, 0.1) is 0 Å². The van der Waals surface area contributed by atoms with Gasteiger partial charge in [-0.05, 0) is 42.8 Å². The van der Waals surface area contributed by atoms with Crippen LogP contribution in [-0.2, 0) is 6.42 Å². The van der Waals surface area contributed by atoms with Gasteiger partial charge >= 0.3 is 0 Å². The Morgan fingerprint density at radius 1 is 1.10 bits per heavy atom. The minimum Gasteiger partial charge on any atom is -0.310 e. The average molecular weight is 296 g/mol. The van der Waals surface area contributed by atoms with E-state index in [1.165, 1.54) is 18.2 Å². The number of rotatable bonds is 5. The fourth-order valence-electron chi connectivity index (χ4n) is 2.22. The summed E-state index contributed by atoms with van der Waals surface area (Å²) in [5.41, 5.74) is 1.01. The Hall–Kier alpha value is -1.45. The molecule has 1 atom stereocenters. The van der Waals surface area contributed by atoms with Crippen LogP contribution in [0.4, 0.5) is 8.78 Å². The van der Waals surface area contributed by atoms with Crippen molar-refractivity contribution in [2.45, 2.75) is 19.4 Å². The predicted molar refractivity (Wildman–Crippen MR) is 77.9 cm³/mol. The maximum atomic E-state index is 13.9. The van der Waals surface area contributed by atoms with Gasteiger partial charge in [-0.25, -0.2) is 8.78 Å². The van der Waals surface area contributed by atoms with E-state index in [4.69, 9.17) is 11.6 Å². The fourth-order valence-corrected chi connectivity index (χ4v) is 2.41. The fraction of sp³-hybridized carbons (Fsp3) is 0.250. The Morgan fingerprint density at radius 3 is 2.55 bits per heavy atom. The molecule has 0 aliphatic carbocycles. The van der Waals surface area contributed by atoms with Crippen LogP contribution in [0, 0.1) is 11.6 Å². The largest absolute Gasteiger partial charge is 0.310 e. The van der Waals surface area contributed by atoms with E-state index in [0.29, 0.717) is 29.1 Å². The minimum absolute atomic E-state index is 0.283. The highest BCUT2D eigenvalue weighted by atomic mass is 35.5. The van der Waals surface area contributed by atoms with Crippen molar-refractivity contribution in [3.8, 4) is 0 Å². The third-order valence-corrected chi connectivity index (χ3v) is 3.40. The molecule has 4 heteroatoms. The van der Waals surface area contributed by atoms with Gasteiger partial charge in [-0.1, -0.05) is 36.7 Å². The minimum atomic E-state index is -0.325. The maximum Gasteiger partial charge on any atom is 0.127 e. The van der Waals surface area contributed by atoms with E-state index in [9.17, 15) is 8.78 Å². The van der Waals surface area contributed by atoms with E-state index in [-0.39, 0.29) is 17.7 Å². The lowest BCUT2D eigenvalue weighted by Crippen LogP contribution is -2.24. The zero-order valence-corrected chi connectivity index (χ0v) is 11.9. The molecule has 1 N–H and O–H groups in total. The SMILES string of the molecule is CCNC(Cc1cc(Cl)ccc1F)c1ccccc1F. The van der Waals surface area contributed by atoms with Crippen molar-refractivity contribution in [3.63, 3.8) is 0 Å². The summed E-state index contributed by atoms with van der Waals surface area (Å²) in [4.78, 5) is 0. The zero-order valence-electron chi connectivity index (χ0n) is 11.2. The van der Waals surface area contributed by atoms with Gasteiger partial charge in [-0.3, -0.25) is 0 Å². The lowest BCUT2D eigenvalue weighted by molar-refractivity contribution is 0.498. The van der Waals surface area contributed by atoms with Crippen molar-refractivity contribution in [1.29, 1.82) is 0 Å². The first-order valence-corrected chi connectivity index (χ1v) is 6.91. The van der Waals surface area contributed by atoms with Crippen molar-refractivity contribution < 1.29 is 8.78 Å². The second-order valence-corrected chi connectivity index (χ2v) is 5.01. The summed E-state index contributed by atoms with van der Waals surface area (Å²) in [5, 5.41) is 3.66. The monoisotopic (exact) mass is 295 g/mol. The van der Waals surface area contributed by atoms with Crippen LogP contribution in [0.2, 0.25) is 5.02 Å². The van der Waals surface area contributed by atoms with Gasteiger partial charge in [0.1, 0.15) is 11.6 Å². The van der Waals surface area contributed by atoms with E-state index in [1.807, 2.05) is 6.92 Å². The van der Waals surface area contributed by atoms with Crippen molar-refractivity contribution in [2.75, 3.05) is 6.54 Å². The molecule has 0 radical (unpaired) electrons. The van der Waals surface area contributed by atoms with Crippen LogP contribution >= 0.6 is 11.6 Å². The first kappa shape index (κ1) is 14.9. The summed E-state index contributed by atoms with van der Waals surface area (Å²) < 4.78 is 27.7. The van der Waals surface area contributed by atoms with Gasteiger partial charge in [0.15, 0.2) is 0 Å². The van der Waals surface area contributed by atoms with E-state index in [0.717, 1.165) is 0 Å². The number of nitrogens with one attached hydrogen (secondary N) is 1. The van der Waals surface area contributed by atoms with Crippen LogP contribution in [0.25, 0.3) is 0 Å². The van der Waals surface area contributed by atoms with Crippen LogP contribution in [0.5, 0.6) is 0 Å². The number of likely N-dealkylation sites (N-methyl/N-ethyl adjacent to an activating group) is 1. The smallest absolute Gasteiger partial charge is 0.127 e. The summed E-state index contributed by atoms with van der Waals surface area (Å²) in [7, 11) is 0. The Morgan fingerprint density at radius 2 is 1.85 bits per heavy atom. The predicted octanol–water partition coefficient (Wildman–Crippen LogP) is 4.51. The number of hydrogen-bond donors (Lipinski definition) is 1. The first-order valence-electron chi connectivity index (χ1n) is 6.53. The second-order valence-electron chi connectivity index (χ2n) is 4.57. The number of benzene rings is 2. The highest BCUT2D eigenvalue weighted by molar-refractivity contribution is 6.30. The molecule has 1 nitrogen and oxygen atoms in total. The Bertz CT molecular complexity index is 586. The summed E-state index contributed by atoms with van der Waals surface area (Å²) in [6.45, 7) is 2.60. The molecule has 0 aliphatic rings. The molecule has 2 aromatic carbocycles. The lowest BCUT2D eigenvalue weighted by Gasteiger charge is -2.19. The Labute approximate surface area is 122 Å². The first-order chi connectivity index (χ1) is 9.61. The molecule has 0 aliphatic heterocycles. The average Bonchev–Trinajstić information content (AvgIpc) is 2.43. The second kappa shape index (κ2) is 6.82. The van der Waals surface area contributed by atoms with Crippen molar-refractivity contribution in [2.24, 2.45) is 0 Å². The molecule has 0 amide bonds. The summed E-state index contributed by atoms with van der Waals surface area (Å²) in [5.74, 6) is -0.616. The van der Waals surface area contributed by atoms with Crippen LogP contribution < -0.4 is 5.32 Å². The molecule has 0 aromatic heterocycles. The molecular weight excluding hydrogens is 280 g/mol. The third-order valence-electron chi connectivity index (χ3n) is 3.16. The number of hydrogen-bond acceptors (Lipinski definition) is 1. The molecule has 0 spiro atoms. The van der Waals surface area contributed by atoms with Crippen molar-refractivity contribution >= 4 is 11.6 Å². The van der Waals surface area contributed by atoms with Gasteiger partial charge in [-0.2, -0.15) is 0 Å². The third kappa shape index (κ3) is 3.56. The van der Waals surface area contributed by atoms with Crippen molar-refractivity contribution in [1.82, 2.24) is 5.32 Å². The highest BCUT2D eigenvalue weighted by Gasteiger charge is 2.17. The molecule has 20 heavy (non-hydrogen) atoms. The summed E-state index contributed by atoms with van der Waals surface area (Å²) in [6.07, 6.45) is 0.348. The molecule has 0 saturated carbocycles. The van der Waals surface area contributed by atoms with Gasteiger partial charge in [0.2, 0.25) is 0 Å². The number of halogens is 3. The quantitative estimate of drug-likeness (QED) is 0.855. The van der Waals surface area contributed by atoms with E-state index in [2.05, 4.69) is 5.32 Å². The molecule has 0 fully saturated rings. The molecule has 0 bridgehead atoms. The standard InChI is InChI=1S/C16H16ClF2N/c1-2-20-16(13-5-3-4-6-15(13)19)10-11-9-12(17)7-8-14(11)18/h3-9,16,20H,2,10H2,1H3. The van der Waals surface area contributed by atoms with Crippen LogP contribution in [0.1, 0.15) is 24.1 Å². The van der Waals surface area contributed by atoms with Crippen LogP contribution in [0.15, 0.2) is 42.5 Å². The van der Waals surface area contributed by atoms with Gasteiger partial charge < -0.3 is 5.32 Å². The maximum absolute atomic E-state index is 13.9. The van der Waals surface area contributed by atoms with Gasteiger partial charge in [0, 0.05) is 16.6 Å². The lowest BCUT2D eigenvalue weighted by atomic mass is 9.98. The van der Waals surface area contributed by atoms with Gasteiger partial charge in [0.25, 0.3) is 0 Å². The molecule has 106 valence electrons. The Balaban J connectivity index is 2.30. The summed E-state index contributed by atoms with van der Waals surface area (Å²) in [6, 6.07) is 10.7. The molecule has 1 unspecified atom stereocenters. The Kier molecular flexibility index (Phi) is 5.10. The molecule has 0 saturated heterocycles. The summed E-state index contributed by atoms with van der Waals surface area (Å²) >= 11 is 5.89. The van der Waals surface area contributed by atoms with Crippen molar-refractivity contribution in [3.05, 3.63) is 70.2 Å². The van der Waals surface area contributed by atoms with Crippen LogP contribution in [0.3, 0.4) is 0 Å². The normalized spacial score (nSPS) is 12.4. The van der Waals surface area contributed by atoms with E-state index >= 15 is 0 Å². The molecule has 2 aromatic rings. The van der Waals surface area contributed by atoms with Gasteiger partial charge in [-0.15, -0.1) is 0 Å². The van der Waals surface area contributed by atoms with E-state index in [1.54, 1.807) is 24.3 Å². The van der Waals surface area contributed by atoms with Crippen LogP contribution in [-0.4, -0.2) is 6.54 Å². The zero-order chi connectivity index (χ0) is 14.5. The molecular formula is C16H16ClF2N. The topological polar surface area (TPSA) is 12.0 Å². The van der Waals surface area contributed by atoms with E-state index < -0.39 is 0 Å². The molecule has 2 rings (SSSR count).